The molecule has 19 heavy (non-hydrogen) atoms. The zero-order valence-corrected chi connectivity index (χ0v) is 12.8. The minimum Gasteiger partial charge on any atom is -0.328 e. The molecule has 0 aromatic heterocycles. The van der Waals surface area contributed by atoms with E-state index in [0.717, 1.165) is 6.42 Å². The van der Waals surface area contributed by atoms with Crippen molar-refractivity contribution in [2.75, 3.05) is 0 Å². The molecule has 0 amide bonds. The number of aryl methyl sites for hydroxylation is 1. The Kier molecular flexibility index (Phi) is 8.57. The third-order valence-corrected chi connectivity index (χ3v) is 3.65. The first kappa shape index (κ1) is 16.2. The molecule has 2 N–H and O–H groups in total. The van der Waals surface area contributed by atoms with Gasteiger partial charge in [0.25, 0.3) is 0 Å². The van der Waals surface area contributed by atoms with Crippen molar-refractivity contribution in [3.8, 4) is 0 Å². The van der Waals surface area contributed by atoms with Gasteiger partial charge in [-0.2, -0.15) is 0 Å². The minimum absolute atomic E-state index is 0.258. The van der Waals surface area contributed by atoms with Gasteiger partial charge >= 0.3 is 0 Å². The highest BCUT2D eigenvalue weighted by Gasteiger charge is 1.99. The average molecular weight is 261 g/mol. The summed E-state index contributed by atoms with van der Waals surface area (Å²) in [6.07, 6.45) is 11.9. The molecule has 0 aliphatic rings. The molecule has 1 aromatic carbocycles. The van der Waals surface area contributed by atoms with Crippen molar-refractivity contribution >= 4 is 0 Å². The summed E-state index contributed by atoms with van der Waals surface area (Å²) in [5.74, 6) is 0. The van der Waals surface area contributed by atoms with Crippen LogP contribution < -0.4 is 5.73 Å². The Labute approximate surface area is 119 Å². The number of benzene rings is 1. The molecule has 1 rings (SSSR count). The molecule has 0 bridgehead atoms. The van der Waals surface area contributed by atoms with Crippen LogP contribution >= 0.6 is 0 Å². The number of rotatable bonds is 10. The van der Waals surface area contributed by atoms with Crippen LogP contribution in [0.5, 0.6) is 0 Å². The Hall–Kier alpha value is -0.820. The van der Waals surface area contributed by atoms with Crippen molar-refractivity contribution < 1.29 is 0 Å². The predicted octanol–water partition coefficient (Wildman–Crippen LogP) is 4.87. The van der Waals surface area contributed by atoms with E-state index in [9.17, 15) is 0 Å². The van der Waals surface area contributed by atoms with Crippen LogP contribution in [0.25, 0.3) is 0 Å². The fraction of sp³-hybridized carbons (Fsp3) is 0.667. The Morgan fingerprint density at radius 1 is 0.842 bits per heavy atom. The fourth-order valence-electron chi connectivity index (χ4n) is 2.50. The van der Waals surface area contributed by atoms with E-state index in [1.165, 1.54) is 62.5 Å². The molecule has 108 valence electrons. The van der Waals surface area contributed by atoms with E-state index in [4.69, 9.17) is 5.73 Å². The lowest BCUT2D eigenvalue weighted by molar-refractivity contribution is 0.589. The van der Waals surface area contributed by atoms with E-state index < -0.39 is 0 Å². The molecule has 0 unspecified atom stereocenters. The Morgan fingerprint density at radius 3 is 1.95 bits per heavy atom. The molecule has 0 saturated carbocycles. The molecule has 0 fully saturated rings. The zero-order valence-electron chi connectivity index (χ0n) is 12.8. The summed E-state index contributed by atoms with van der Waals surface area (Å²) in [4.78, 5) is 0. The minimum atomic E-state index is 0.258. The largest absolute Gasteiger partial charge is 0.328 e. The Balaban J connectivity index is 2.12. The quantitative estimate of drug-likeness (QED) is 0.597. The summed E-state index contributed by atoms with van der Waals surface area (Å²) in [6, 6.07) is 9.28. The fourth-order valence-corrected chi connectivity index (χ4v) is 2.50. The normalized spacial score (nSPS) is 12.6. The van der Waals surface area contributed by atoms with Crippen LogP contribution in [-0.2, 0) is 12.8 Å². The molecule has 0 radical (unpaired) electrons. The van der Waals surface area contributed by atoms with E-state index >= 15 is 0 Å². The van der Waals surface area contributed by atoms with Gasteiger partial charge in [0.2, 0.25) is 0 Å². The van der Waals surface area contributed by atoms with Crippen molar-refractivity contribution in [1.82, 2.24) is 0 Å². The molecule has 1 nitrogen and oxygen atoms in total. The van der Waals surface area contributed by atoms with Gasteiger partial charge in [-0.15, -0.1) is 0 Å². The lowest BCUT2D eigenvalue weighted by Crippen LogP contribution is -2.17. The molecule has 1 aromatic rings. The standard InChI is InChI=1S/C18H31N/c1-3-4-5-6-7-8-9-10-17-11-13-18(14-12-17)15-16(2)19/h11-14,16H,3-10,15,19H2,1-2H3/t16-/m1/s1. The highest BCUT2D eigenvalue weighted by Crippen LogP contribution is 2.12. The lowest BCUT2D eigenvalue weighted by Gasteiger charge is -2.07. The number of unbranched alkanes of at least 4 members (excludes halogenated alkanes) is 6. The SMILES string of the molecule is CCCCCCCCCc1ccc(C[C@@H](C)N)cc1. The number of hydrogen-bond donors (Lipinski definition) is 1. The maximum Gasteiger partial charge on any atom is 0.00509 e. The molecule has 0 saturated heterocycles. The second-order valence-corrected chi connectivity index (χ2v) is 5.87. The molecular formula is C18H31N. The van der Waals surface area contributed by atoms with Gasteiger partial charge in [0.15, 0.2) is 0 Å². The van der Waals surface area contributed by atoms with Crippen molar-refractivity contribution in [2.45, 2.75) is 77.7 Å². The summed E-state index contributed by atoms with van der Waals surface area (Å²) < 4.78 is 0. The van der Waals surface area contributed by atoms with Crippen LogP contribution in [-0.4, -0.2) is 6.04 Å². The van der Waals surface area contributed by atoms with Gasteiger partial charge in [-0.3, -0.25) is 0 Å². The summed E-state index contributed by atoms with van der Waals surface area (Å²) in [5, 5.41) is 0. The van der Waals surface area contributed by atoms with Gasteiger partial charge in [0, 0.05) is 6.04 Å². The first-order valence-electron chi connectivity index (χ1n) is 8.05. The molecule has 0 aliphatic carbocycles. The van der Waals surface area contributed by atoms with Crippen molar-refractivity contribution in [3.63, 3.8) is 0 Å². The Morgan fingerprint density at radius 2 is 1.37 bits per heavy atom. The molecule has 1 atom stereocenters. The number of nitrogens with two attached hydrogens (primary N) is 1. The van der Waals surface area contributed by atoms with Crippen LogP contribution in [0, 0.1) is 0 Å². The third kappa shape index (κ3) is 8.05. The summed E-state index contributed by atoms with van der Waals surface area (Å²) in [6.45, 7) is 4.33. The van der Waals surface area contributed by atoms with Gasteiger partial charge in [-0.05, 0) is 37.3 Å². The van der Waals surface area contributed by atoms with Crippen LogP contribution in [0.2, 0.25) is 0 Å². The summed E-state index contributed by atoms with van der Waals surface area (Å²) in [5.41, 5.74) is 8.64. The highest BCUT2D eigenvalue weighted by molar-refractivity contribution is 5.23. The van der Waals surface area contributed by atoms with Gasteiger partial charge < -0.3 is 5.73 Å². The maximum atomic E-state index is 5.81. The van der Waals surface area contributed by atoms with Crippen molar-refractivity contribution in [1.29, 1.82) is 0 Å². The molecule has 1 heteroatoms. The van der Waals surface area contributed by atoms with Crippen molar-refractivity contribution in [3.05, 3.63) is 35.4 Å². The smallest absolute Gasteiger partial charge is 0.00509 e. The first-order chi connectivity index (χ1) is 9.22. The predicted molar refractivity (Wildman–Crippen MR) is 85.5 cm³/mol. The van der Waals surface area contributed by atoms with E-state index in [1.807, 2.05) is 0 Å². The second kappa shape index (κ2) is 10.0. The van der Waals surface area contributed by atoms with Crippen LogP contribution in [0.4, 0.5) is 0 Å². The van der Waals surface area contributed by atoms with Gasteiger partial charge in [-0.1, -0.05) is 69.7 Å². The van der Waals surface area contributed by atoms with Crippen molar-refractivity contribution in [2.24, 2.45) is 5.73 Å². The van der Waals surface area contributed by atoms with E-state index in [0.29, 0.717) is 0 Å². The third-order valence-electron chi connectivity index (χ3n) is 3.65. The second-order valence-electron chi connectivity index (χ2n) is 5.87. The van der Waals surface area contributed by atoms with Gasteiger partial charge in [0.1, 0.15) is 0 Å². The first-order valence-corrected chi connectivity index (χ1v) is 8.05. The number of hydrogen-bond acceptors (Lipinski definition) is 1. The molecule has 0 spiro atoms. The zero-order chi connectivity index (χ0) is 13.9. The molecule has 0 heterocycles. The van der Waals surface area contributed by atoms with Crippen LogP contribution in [0.3, 0.4) is 0 Å². The van der Waals surface area contributed by atoms with Gasteiger partial charge in [-0.25, -0.2) is 0 Å². The summed E-state index contributed by atoms with van der Waals surface area (Å²) in [7, 11) is 0. The monoisotopic (exact) mass is 261 g/mol. The van der Waals surface area contributed by atoms with Crippen LogP contribution in [0.1, 0.15) is 69.9 Å². The van der Waals surface area contributed by atoms with E-state index in [1.54, 1.807) is 0 Å². The summed E-state index contributed by atoms with van der Waals surface area (Å²) >= 11 is 0. The van der Waals surface area contributed by atoms with Crippen LogP contribution in [0.15, 0.2) is 24.3 Å². The highest BCUT2D eigenvalue weighted by atomic mass is 14.6. The molecular weight excluding hydrogens is 230 g/mol. The van der Waals surface area contributed by atoms with Gasteiger partial charge in [0.05, 0.1) is 0 Å². The average Bonchev–Trinajstić information content (AvgIpc) is 2.39. The topological polar surface area (TPSA) is 26.0 Å². The Bertz CT molecular complexity index is 313. The van der Waals surface area contributed by atoms with E-state index in [-0.39, 0.29) is 6.04 Å². The lowest BCUT2D eigenvalue weighted by atomic mass is 10.0. The maximum absolute atomic E-state index is 5.81. The van der Waals surface area contributed by atoms with E-state index in [2.05, 4.69) is 38.1 Å². The molecule has 0 aliphatic heterocycles.